The van der Waals surface area contributed by atoms with Crippen molar-refractivity contribution in [2.75, 3.05) is 0 Å². The molecule has 8 heteroatoms. The number of halogens is 1. The van der Waals surface area contributed by atoms with Gasteiger partial charge >= 0.3 is 5.97 Å². The molecule has 0 N–H and O–H groups in total. The fraction of sp³-hybridized carbons (Fsp3) is 0.0435. The van der Waals surface area contributed by atoms with Gasteiger partial charge < -0.3 is 9.47 Å². The molecule has 7 nitrogen and oxygen atoms in total. The van der Waals surface area contributed by atoms with Crippen molar-refractivity contribution >= 4 is 35.1 Å². The predicted octanol–water partition coefficient (Wildman–Crippen LogP) is 5.39. The SMILES string of the molecule is Cc1c(OC(=O)c2ccc(Cl)cc2)ccc2c1O/C(=C\c1cccc([N+](=O)[O-])c1)C2=O. The van der Waals surface area contributed by atoms with Gasteiger partial charge in [0.15, 0.2) is 5.76 Å². The Morgan fingerprint density at radius 3 is 2.58 bits per heavy atom. The van der Waals surface area contributed by atoms with E-state index in [0.29, 0.717) is 27.3 Å². The minimum absolute atomic E-state index is 0.0276. The molecular weight excluding hydrogens is 422 g/mol. The summed E-state index contributed by atoms with van der Waals surface area (Å²) in [5.41, 5.74) is 1.49. The molecule has 0 amide bonds. The summed E-state index contributed by atoms with van der Waals surface area (Å²) in [6, 6.07) is 15.2. The molecule has 0 bridgehead atoms. The van der Waals surface area contributed by atoms with Gasteiger partial charge in [0.2, 0.25) is 5.78 Å². The van der Waals surface area contributed by atoms with E-state index < -0.39 is 10.9 Å². The van der Waals surface area contributed by atoms with Gasteiger partial charge in [-0.15, -0.1) is 0 Å². The van der Waals surface area contributed by atoms with Crippen molar-refractivity contribution in [2.24, 2.45) is 0 Å². The zero-order valence-corrected chi connectivity index (χ0v) is 16.9. The second-order valence-corrected chi connectivity index (χ2v) is 7.19. The Labute approximate surface area is 181 Å². The summed E-state index contributed by atoms with van der Waals surface area (Å²) in [5.74, 6) is -0.373. The number of ketones is 1. The predicted molar refractivity (Wildman–Crippen MR) is 114 cm³/mol. The summed E-state index contributed by atoms with van der Waals surface area (Å²) in [6.45, 7) is 1.67. The van der Waals surface area contributed by atoms with Crippen LogP contribution in [0.15, 0.2) is 66.4 Å². The maximum absolute atomic E-state index is 12.7. The number of hydrogen-bond donors (Lipinski definition) is 0. The van der Waals surface area contributed by atoms with Crippen LogP contribution in [-0.2, 0) is 0 Å². The van der Waals surface area contributed by atoms with E-state index in [0.717, 1.165) is 0 Å². The van der Waals surface area contributed by atoms with Gasteiger partial charge in [-0.2, -0.15) is 0 Å². The number of esters is 1. The van der Waals surface area contributed by atoms with Gasteiger partial charge in [0.25, 0.3) is 5.69 Å². The highest BCUT2D eigenvalue weighted by molar-refractivity contribution is 6.30. The summed E-state index contributed by atoms with van der Waals surface area (Å²) in [7, 11) is 0. The smallest absolute Gasteiger partial charge is 0.343 e. The molecule has 4 rings (SSSR count). The number of fused-ring (bicyclic) bond motifs is 1. The van der Waals surface area contributed by atoms with Crippen LogP contribution < -0.4 is 9.47 Å². The first kappa shape index (κ1) is 20.3. The average molecular weight is 436 g/mol. The highest BCUT2D eigenvalue weighted by Gasteiger charge is 2.30. The Kier molecular flexibility index (Phi) is 5.27. The average Bonchev–Trinajstić information content (AvgIpc) is 3.07. The lowest BCUT2D eigenvalue weighted by atomic mass is 10.1. The Balaban J connectivity index is 1.61. The summed E-state index contributed by atoms with van der Waals surface area (Å²) in [5, 5.41) is 11.5. The van der Waals surface area contributed by atoms with E-state index in [4.69, 9.17) is 21.1 Å². The lowest BCUT2D eigenvalue weighted by Crippen LogP contribution is -2.09. The normalized spacial score (nSPS) is 13.6. The molecule has 0 fully saturated rings. The zero-order valence-electron chi connectivity index (χ0n) is 16.1. The fourth-order valence-corrected chi connectivity index (χ4v) is 3.23. The van der Waals surface area contributed by atoms with Gasteiger partial charge in [-0.05, 0) is 55.0 Å². The Morgan fingerprint density at radius 1 is 1.13 bits per heavy atom. The van der Waals surface area contributed by atoms with Gasteiger partial charge in [0.05, 0.1) is 16.1 Å². The van der Waals surface area contributed by atoms with Crippen LogP contribution in [-0.4, -0.2) is 16.7 Å². The van der Waals surface area contributed by atoms with Crippen LogP contribution in [0.2, 0.25) is 5.02 Å². The molecule has 154 valence electrons. The molecule has 0 radical (unpaired) electrons. The molecule has 3 aromatic carbocycles. The molecule has 0 unspecified atom stereocenters. The second kappa shape index (κ2) is 8.04. The number of carbonyl (C=O) groups is 2. The van der Waals surface area contributed by atoms with Crippen molar-refractivity contribution < 1.29 is 24.0 Å². The molecule has 3 aromatic rings. The first-order valence-corrected chi connectivity index (χ1v) is 9.51. The third-order valence-corrected chi connectivity index (χ3v) is 4.95. The lowest BCUT2D eigenvalue weighted by Gasteiger charge is -2.10. The van der Waals surface area contributed by atoms with Crippen LogP contribution in [0.5, 0.6) is 11.5 Å². The van der Waals surface area contributed by atoms with Crippen molar-refractivity contribution in [1.29, 1.82) is 0 Å². The summed E-state index contributed by atoms with van der Waals surface area (Å²) < 4.78 is 11.2. The minimum atomic E-state index is -0.573. The van der Waals surface area contributed by atoms with Gasteiger partial charge in [-0.25, -0.2) is 4.79 Å². The third kappa shape index (κ3) is 4.04. The quantitative estimate of drug-likeness (QED) is 0.179. The number of allylic oxidation sites excluding steroid dienone is 1. The fourth-order valence-electron chi connectivity index (χ4n) is 3.10. The molecule has 0 aromatic heterocycles. The number of non-ortho nitro benzene ring substituents is 1. The summed E-state index contributed by atoms with van der Waals surface area (Å²) in [6.07, 6.45) is 1.44. The Hall–Kier alpha value is -3.97. The van der Waals surface area contributed by atoms with Gasteiger partial charge in [0.1, 0.15) is 11.5 Å². The van der Waals surface area contributed by atoms with Crippen molar-refractivity contribution in [3.05, 3.63) is 104 Å². The first-order valence-electron chi connectivity index (χ1n) is 9.13. The van der Waals surface area contributed by atoms with Crippen molar-refractivity contribution in [3.8, 4) is 11.5 Å². The molecule has 0 aliphatic carbocycles. The maximum atomic E-state index is 12.7. The number of Topliss-reactive ketones (excluding diaryl/α,β-unsaturated/α-hetero) is 1. The van der Waals surface area contributed by atoms with E-state index in [1.54, 1.807) is 37.3 Å². The van der Waals surface area contributed by atoms with E-state index in [1.165, 1.54) is 36.4 Å². The molecular formula is C23H14ClNO6. The Bertz CT molecular complexity index is 1260. The van der Waals surface area contributed by atoms with Crippen LogP contribution >= 0.6 is 11.6 Å². The number of carbonyl (C=O) groups excluding carboxylic acids is 2. The number of ether oxygens (including phenoxy) is 2. The monoisotopic (exact) mass is 435 g/mol. The van der Waals surface area contributed by atoms with Gasteiger partial charge in [0, 0.05) is 22.7 Å². The first-order chi connectivity index (χ1) is 14.8. The second-order valence-electron chi connectivity index (χ2n) is 6.75. The van der Waals surface area contributed by atoms with E-state index in [1.807, 2.05) is 0 Å². The third-order valence-electron chi connectivity index (χ3n) is 4.70. The van der Waals surface area contributed by atoms with E-state index >= 15 is 0 Å². The molecule has 0 atom stereocenters. The molecule has 1 aliphatic heterocycles. The molecule has 0 saturated heterocycles. The highest BCUT2D eigenvalue weighted by atomic mass is 35.5. The van der Waals surface area contributed by atoms with Crippen molar-refractivity contribution in [3.63, 3.8) is 0 Å². The van der Waals surface area contributed by atoms with Crippen LogP contribution in [0.25, 0.3) is 6.08 Å². The lowest BCUT2D eigenvalue weighted by molar-refractivity contribution is -0.384. The molecule has 1 heterocycles. The number of benzene rings is 3. The van der Waals surface area contributed by atoms with Crippen molar-refractivity contribution in [2.45, 2.75) is 6.92 Å². The largest absolute Gasteiger partial charge is 0.452 e. The van der Waals surface area contributed by atoms with Crippen LogP contribution in [0.1, 0.15) is 31.8 Å². The van der Waals surface area contributed by atoms with Crippen LogP contribution in [0.3, 0.4) is 0 Å². The number of rotatable bonds is 4. The number of hydrogen-bond acceptors (Lipinski definition) is 6. The van der Waals surface area contributed by atoms with Crippen LogP contribution in [0, 0.1) is 17.0 Å². The zero-order chi connectivity index (χ0) is 22.1. The maximum Gasteiger partial charge on any atom is 0.343 e. The highest BCUT2D eigenvalue weighted by Crippen LogP contribution is 2.39. The van der Waals surface area contributed by atoms with Gasteiger partial charge in [-0.1, -0.05) is 23.7 Å². The number of nitro benzene ring substituents is 1. The molecule has 0 spiro atoms. The Morgan fingerprint density at radius 2 is 1.87 bits per heavy atom. The summed E-state index contributed by atoms with van der Waals surface area (Å²) >= 11 is 5.84. The van der Waals surface area contributed by atoms with Gasteiger partial charge in [-0.3, -0.25) is 14.9 Å². The van der Waals surface area contributed by atoms with Crippen molar-refractivity contribution in [1.82, 2.24) is 0 Å². The molecule has 0 saturated carbocycles. The summed E-state index contributed by atoms with van der Waals surface area (Å²) in [4.78, 5) is 35.6. The number of nitrogens with zero attached hydrogens (tertiary/aromatic N) is 1. The standard InChI is InChI=1S/C23H14ClNO6/c1-13-19(31-23(27)15-5-7-16(24)8-6-15)10-9-18-21(26)20(30-22(13)18)12-14-3-2-4-17(11-14)25(28)29/h2-12H,1H3/b20-12-. The van der Waals surface area contributed by atoms with Crippen LogP contribution in [0.4, 0.5) is 5.69 Å². The van der Waals surface area contributed by atoms with E-state index in [9.17, 15) is 19.7 Å². The minimum Gasteiger partial charge on any atom is -0.452 e. The van der Waals surface area contributed by atoms with E-state index in [-0.39, 0.29) is 28.7 Å². The van der Waals surface area contributed by atoms with E-state index in [2.05, 4.69) is 0 Å². The molecule has 1 aliphatic rings. The topological polar surface area (TPSA) is 95.7 Å². The molecule has 31 heavy (non-hydrogen) atoms. The number of nitro groups is 1.